The Kier molecular flexibility index (Phi) is 6.79. The van der Waals surface area contributed by atoms with E-state index in [2.05, 4.69) is 15.3 Å². The summed E-state index contributed by atoms with van der Waals surface area (Å²) in [6.45, 7) is 0. The van der Waals surface area contributed by atoms with Crippen molar-refractivity contribution in [2.75, 3.05) is 11.1 Å². The Morgan fingerprint density at radius 3 is 2.67 bits per heavy atom. The van der Waals surface area contributed by atoms with E-state index in [1.807, 2.05) is 29.6 Å². The molecule has 0 aliphatic carbocycles. The van der Waals surface area contributed by atoms with E-state index in [1.165, 1.54) is 46.6 Å². The van der Waals surface area contributed by atoms with Gasteiger partial charge in [0.2, 0.25) is 5.91 Å². The number of hydrogen-bond donors (Lipinski definition) is 1. The van der Waals surface area contributed by atoms with Crippen LogP contribution in [-0.2, 0) is 11.2 Å². The Bertz CT molecular complexity index is 1140. The predicted octanol–water partition coefficient (Wildman–Crippen LogP) is 6.38. The highest BCUT2D eigenvalue weighted by molar-refractivity contribution is 8.01. The van der Waals surface area contributed by atoms with Gasteiger partial charge in [-0.05, 0) is 29.8 Å². The summed E-state index contributed by atoms with van der Waals surface area (Å²) >= 11 is 10.2. The topological polar surface area (TPSA) is 54.9 Å². The summed E-state index contributed by atoms with van der Waals surface area (Å²) in [5, 5.41) is 6.02. The summed E-state index contributed by atoms with van der Waals surface area (Å²) in [5.74, 6) is -0.138. The molecule has 4 rings (SSSR count). The standard InChI is InChI=1S/C21H15ClFN3OS3/c22-15-5-3-14(4-6-15)18-11-28-21(25-18)29-12-19(27)26-20-24-10-17(30-20)9-13-1-7-16(23)8-2-13/h1-8,10-11H,9,12H2,(H,24,26,27). The van der Waals surface area contributed by atoms with E-state index in [9.17, 15) is 9.18 Å². The van der Waals surface area contributed by atoms with Crippen LogP contribution in [0, 0.1) is 5.82 Å². The normalized spacial score (nSPS) is 10.9. The zero-order valence-electron chi connectivity index (χ0n) is 15.5. The third-order valence-electron chi connectivity index (χ3n) is 4.04. The monoisotopic (exact) mass is 475 g/mol. The first kappa shape index (κ1) is 21.0. The fourth-order valence-electron chi connectivity index (χ4n) is 2.61. The molecular weight excluding hydrogens is 461 g/mol. The van der Waals surface area contributed by atoms with Crippen molar-refractivity contribution in [3.8, 4) is 11.3 Å². The number of hydrogen-bond acceptors (Lipinski definition) is 6. The number of halogens is 2. The van der Waals surface area contributed by atoms with Crippen molar-refractivity contribution in [3.05, 3.63) is 81.4 Å². The Balaban J connectivity index is 1.28. The number of aromatic nitrogens is 2. The molecule has 0 unspecified atom stereocenters. The maximum atomic E-state index is 13.0. The molecule has 0 spiro atoms. The lowest BCUT2D eigenvalue weighted by Crippen LogP contribution is -2.13. The highest BCUT2D eigenvalue weighted by Gasteiger charge is 2.11. The summed E-state index contributed by atoms with van der Waals surface area (Å²) < 4.78 is 13.8. The number of rotatable bonds is 7. The van der Waals surface area contributed by atoms with E-state index in [1.54, 1.807) is 18.3 Å². The number of thiazole rings is 2. The molecule has 1 amide bonds. The fraction of sp³-hybridized carbons (Fsp3) is 0.0952. The van der Waals surface area contributed by atoms with Crippen molar-refractivity contribution in [3.63, 3.8) is 0 Å². The third kappa shape index (κ3) is 5.66. The van der Waals surface area contributed by atoms with Gasteiger partial charge in [-0.25, -0.2) is 14.4 Å². The Hall–Kier alpha value is -2.26. The molecular formula is C21H15ClFN3OS3. The van der Waals surface area contributed by atoms with E-state index in [0.717, 1.165) is 26.0 Å². The number of nitrogens with zero attached hydrogens (tertiary/aromatic N) is 2. The van der Waals surface area contributed by atoms with Gasteiger partial charge in [0.25, 0.3) is 0 Å². The second-order valence-corrected chi connectivity index (χ2v) is 9.91. The van der Waals surface area contributed by atoms with Crippen LogP contribution in [0.3, 0.4) is 0 Å². The molecule has 0 saturated heterocycles. The molecule has 0 fully saturated rings. The summed E-state index contributed by atoms with van der Waals surface area (Å²) in [5.41, 5.74) is 2.85. The Morgan fingerprint density at radius 2 is 1.90 bits per heavy atom. The van der Waals surface area contributed by atoms with Gasteiger partial charge in [-0.3, -0.25) is 4.79 Å². The molecule has 2 aromatic heterocycles. The van der Waals surface area contributed by atoms with E-state index >= 15 is 0 Å². The number of anilines is 1. The molecule has 9 heteroatoms. The van der Waals surface area contributed by atoms with Gasteiger partial charge in [-0.2, -0.15) is 0 Å². The third-order valence-corrected chi connectivity index (χ3v) is 7.23. The summed E-state index contributed by atoms with van der Waals surface area (Å²) in [7, 11) is 0. The lowest BCUT2D eigenvalue weighted by molar-refractivity contribution is -0.113. The van der Waals surface area contributed by atoms with Gasteiger partial charge in [0.1, 0.15) is 5.82 Å². The molecule has 4 aromatic rings. The van der Waals surface area contributed by atoms with Crippen LogP contribution in [0.25, 0.3) is 11.3 Å². The average molecular weight is 476 g/mol. The molecule has 0 aliphatic heterocycles. The van der Waals surface area contributed by atoms with Gasteiger partial charge in [-0.15, -0.1) is 22.7 Å². The van der Waals surface area contributed by atoms with Crippen LogP contribution in [0.15, 0.2) is 64.4 Å². The molecule has 0 bridgehead atoms. The van der Waals surface area contributed by atoms with E-state index in [0.29, 0.717) is 16.6 Å². The second-order valence-electron chi connectivity index (χ2n) is 6.28. The second kappa shape index (κ2) is 9.70. The van der Waals surface area contributed by atoms with Crippen molar-refractivity contribution < 1.29 is 9.18 Å². The van der Waals surface area contributed by atoms with Gasteiger partial charge in [0.05, 0.1) is 11.4 Å². The van der Waals surface area contributed by atoms with Crippen molar-refractivity contribution in [1.29, 1.82) is 0 Å². The van der Waals surface area contributed by atoms with Gasteiger partial charge < -0.3 is 5.32 Å². The van der Waals surface area contributed by atoms with E-state index in [4.69, 9.17) is 11.6 Å². The minimum Gasteiger partial charge on any atom is -0.301 e. The quantitative estimate of drug-likeness (QED) is 0.315. The molecule has 152 valence electrons. The van der Waals surface area contributed by atoms with Crippen LogP contribution >= 0.6 is 46.0 Å². The van der Waals surface area contributed by atoms with Crippen molar-refractivity contribution in [1.82, 2.24) is 9.97 Å². The SMILES string of the molecule is O=C(CSc1nc(-c2ccc(Cl)cc2)cs1)Nc1ncc(Cc2ccc(F)cc2)s1. The zero-order chi connectivity index (χ0) is 20.9. The van der Waals surface area contributed by atoms with Gasteiger partial charge >= 0.3 is 0 Å². The number of carbonyl (C=O) groups is 1. The lowest BCUT2D eigenvalue weighted by Gasteiger charge is -2.00. The van der Waals surface area contributed by atoms with Crippen LogP contribution in [0.5, 0.6) is 0 Å². The smallest absolute Gasteiger partial charge is 0.236 e. The maximum Gasteiger partial charge on any atom is 0.236 e. The van der Waals surface area contributed by atoms with Gasteiger partial charge in [0.15, 0.2) is 9.47 Å². The van der Waals surface area contributed by atoms with Crippen molar-refractivity contribution in [2.24, 2.45) is 0 Å². The molecule has 0 radical (unpaired) electrons. The lowest BCUT2D eigenvalue weighted by atomic mass is 10.1. The first-order chi connectivity index (χ1) is 14.5. The summed E-state index contributed by atoms with van der Waals surface area (Å²) in [6, 6.07) is 13.9. The molecule has 30 heavy (non-hydrogen) atoms. The van der Waals surface area contributed by atoms with Crippen LogP contribution in [0.4, 0.5) is 9.52 Å². The highest BCUT2D eigenvalue weighted by atomic mass is 35.5. The minimum absolute atomic E-state index is 0.133. The number of benzene rings is 2. The molecule has 2 heterocycles. The summed E-state index contributed by atoms with van der Waals surface area (Å²) in [4.78, 5) is 22.1. The number of carbonyl (C=O) groups excluding carboxylic acids is 1. The molecule has 0 atom stereocenters. The first-order valence-electron chi connectivity index (χ1n) is 8.88. The average Bonchev–Trinajstić information content (AvgIpc) is 3.38. The minimum atomic E-state index is -0.256. The van der Waals surface area contributed by atoms with Gasteiger partial charge in [-0.1, -0.05) is 47.6 Å². The van der Waals surface area contributed by atoms with Crippen LogP contribution < -0.4 is 5.32 Å². The van der Waals surface area contributed by atoms with Crippen LogP contribution in [0.1, 0.15) is 10.4 Å². The van der Waals surface area contributed by atoms with E-state index in [-0.39, 0.29) is 17.5 Å². The molecule has 1 N–H and O–H groups in total. The summed E-state index contributed by atoms with van der Waals surface area (Å²) in [6.07, 6.45) is 2.38. The molecule has 2 aromatic carbocycles. The number of thioether (sulfide) groups is 1. The highest BCUT2D eigenvalue weighted by Crippen LogP contribution is 2.29. The van der Waals surface area contributed by atoms with Crippen LogP contribution in [-0.4, -0.2) is 21.6 Å². The Morgan fingerprint density at radius 1 is 1.13 bits per heavy atom. The Labute approximate surface area is 190 Å². The maximum absolute atomic E-state index is 13.0. The molecule has 0 saturated carbocycles. The van der Waals surface area contributed by atoms with Crippen LogP contribution in [0.2, 0.25) is 5.02 Å². The fourth-order valence-corrected chi connectivity index (χ4v) is 5.23. The molecule has 0 aliphatic rings. The van der Waals surface area contributed by atoms with Crippen molar-refractivity contribution >= 4 is 57.1 Å². The predicted molar refractivity (Wildman–Crippen MR) is 123 cm³/mol. The largest absolute Gasteiger partial charge is 0.301 e. The zero-order valence-corrected chi connectivity index (χ0v) is 18.7. The van der Waals surface area contributed by atoms with Crippen molar-refractivity contribution in [2.45, 2.75) is 10.8 Å². The number of amides is 1. The molecule has 4 nitrogen and oxygen atoms in total. The van der Waals surface area contributed by atoms with E-state index < -0.39 is 0 Å². The number of nitrogens with one attached hydrogen (secondary N) is 1. The first-order valence-corrected chi connectivity index (χ1v) is 11.9. The van der Waals surface area contributed by atoms with Gasteiger partial charge in [0, 0.05) is 33.5 Å².